The zero-order valence-corrected chi connectivity index (χ0v) is 13.7. The largest absolute Gasteiger partial charge is 0.491 e. The number of benzene rings is 2. The maximum Gasteiger partial charge on any atom is 0.193 e. The minimum atomic E-state index is -0.715. The summed E-state index contributed by atoms with van der Waals surface area (Å²) in [7, 11) is 0. The van der Waals surface area contributed by atoms with Gasteiger partial charge in [0.25, 0.3) is 0 Å². The molecule has 0 spiro atoms. The van der Waals surface area contributed by atoms with Crippen molar-refractivity contribution in [3.05, 3.63) is 65.5 Å². The third-order valence-electron chi connectivity index (χ3n) is 3.29. The van der Waals surface area contributed by atoms with Gasteiger partial charge in [0.05, 0.1) is 12.7 Å². The summed E-state index contributed by atoms with van der Waals surface area (Å²) in [5.74, 6) is -0.0172. The second-order valence-corrected chi connectivity index (χ2v) is 5.71. The Morgan fingerprint density at radius 3 is 2.08 bits per heavy atom. The quantitative estimate of drug-likeness (QED) is 0.754. The van der Waals surface area contributed by atoms with Crippen LogP contribution >= 0.6 is 0 Å². The highest BCUT2D eigenvalue weighted by Crippen LogP contribution is 2.16. The molecule has 0 aromatic heterocycles. The smallest absolute Gasteiger partial charge is 0.193 e. The standard InChI is InChI=1S/C19H21FO4/c1-13(2)23-11-17(21)12-24-18-9-5-15(6-10-18)19(22)14-3-7-16(20)8-4-14/h3-10,13,17,21H,11-12H2,1-2H3. The zero-order chi connectivity index (χ0) is 17.5. The van der Waals surface area contributed by atoms with Crippen LogP contribution in [0.25, 0.3) is 0 Å². The fraction of sp³-hybridized carbons (Fsp3) is 0.316. The fourth-order valence-electron chi connectivity index (χ4n) is 2.01. The van der Waals surface area contributed by atoms with Crippen molar-refractivity contribution in [2.45, 2.75) is 26.1 Å². The molecule has 0 saturated heterocycles. The van der Waals surface area contributed by atoms with E-state index in [1.54, 1.807) is 24.3 Å². The van der Waals surface area contributed by atoms with Crippen molar-refractivity contribution in [2.75, 3.05) is 13.2 Å². The maximum absolute atomic E-state index is 12.9. The minimum absolute atomic E-state index is 0.0522. The van der Waals surface area contributed by atoms with E-state index in [1.165, 1.54) is 24.3 Å². The number of ether oxygens (including phenoxy) is 2. The molecule has 2 aromatic carbocycles. The van der Waals surface area contributed by atoms with E-state index >= 15 is 0 Å². The monoisotopic (exact) mass is 332 g/mol. The molecule has 1 atom stereocenters. The molecular weight excluding hydrogens is 311 g/mol. The van der Waals surface area contributed by atoms with E-state index in [2.05, 4.69) is 0 Å². The summed E-state index contributed by atoms with van der Waals surface area (Å²) in [4.78, 5) is 12.3. The molecule has 0 amide bonds. The molecule has 2 aromatic rings. The van der Waals surface area contributed by atoms with Crippen LogP contribution in [0.15, 0.2) is 48.5 Å². The van der Waals surface area contributed by atoms with E-state index in [-0.39, 0.29) is 30.9 Å². The summed E-state index contributed by atoms with van der Waals surface area (Å²) in [6.45, 7) is 4.10. The number of aliphatic hydroxyl groups excluding tert-OH is 1. The molecule has 0 aliphatic heterocycles. The van der Waals surface area contributed by atoms with Crippen LogP contribution in [0.3, 0.4) is 0 Å². The van der Waals surface area contributed by atoms with Gasteiger partial charge in [0.15, 0.2) is 5.78 Å². The molecule has 5 heteroatoms. The molecule has 0 bridgehead atoms. The Kier molecular flexibility index (Phi) is 6.46. The summed E-state index contributed by atoms with van der Waals surface area (Å²) < 4.78 is 23.7. The molecule has 0 radical (unpaired) electrons. The third kappa shape index (κ3) is 5.44. The third-order valence-corrected chi connectivity index (χ3v) is 3.29. The minimum Gasteiger partial charge on any atom is -0.491 e. The normalized spacial score (nSPS) is 12.2. The topological polar surface area (TPSA) is 55.8 Å². The van der Waals surface area contributed by atoms with Gasteiger partial charge in [-0.1, -0.05) is 0 Å². The van der Waals surface area contributed by atoms with Crippen molar-refractivity contribution in [1.82, 2.24) is 0 Å². The Labute approximate surface area is 140 Å². The van der Waals surface area contributed by atoms with Gasteiger partial charge in [-0.25, -0.2) is 4.39 Å². The molecule has 0 heterocycles. The van der Waals surface area contributed by atoms with Crippen LogP contribution in [-0.2, 0) is 4.74 Å². The first kappa shape index (κ1) is 18.1. The van der Waals surface area contributed by atoms with E-state index in [4.69, 9.17) is 9.47 Å². The van der Waals surface area contributed by atoms with E-state index in [9.17, 15) is 14.3 Å². The van der Waals surface area contributed by atoms with E-state index in [1.807, 2.05) is 13.8 Å². The predicted octanol–water partition coefficient (Wildman–Crippen LogP) is 3.22. The van der Waals surface area contributed by atoms with Gasteiger partial charge in [-0.05, 0) is 62.4 Å². The lowest BCUT2D eigenvalue weighted by molar-refractivity contribution is -0.0122. The number of aliphatic hydroxyl groups is 1. The van der Waals surface area contributed by atoms with Crippen molar-refractivity contribution in [3.8, 4) is 5.75 Å². The first-order valence-electron chi connectivity index (χ1n) is 7.78. The Morgan fingerprint density at radius 1 is 1.00 bits per heavy atom. The predicted molar refractivity (Wildman–Crippen MR) is 88.9 cm³/mol. The van der Waals surface area contributed by atoms with Crippen molar-refractivity contribution in [2.24, 2.45) is 0 Å². The van der Waals surface area contributed by atoms with Gasteiger partial charge in [-0.3, -0.25) is 4.79 Å². The van der Waals surface area contributed by atoms with Gasteiger partial charge in [0.2, 0.25) is 0 Å². The first-order valence-corrected chi connectivity index (χ1v) is 7.78. The lowest BCUT2D eigenvalue weighted by atomic mass is 10.0. The van der Waals surface area contributed by atoms with Crippen LogP contribution in [0, 0.1) is 5.82 Å². The number of rotatable bonds is 8. The number of carbonyl (C=O) groups is 1. The van der Waals surface area contributed by atoms with E-state index in [0.717, 1.165) is 0 Å². The summed E-state index contributed by atoms with van der Waals surface area (Å²) in [5.41, 5.74) is 0.906. The van der Waals surface area contributed by atoms with Crippen molar-refractivity contribution in [3.63, 3.8) is 0 Å². The molecule has 0 aliphatic carbocycles. The zero-order valence-electron chi connectivity index (χ0n) is 13.7. The van der Waals surface area contributed by atoms with Crippen LogP contribution in [0.4, 0.5) is 4.39 Å². The fourth-order valence-corrected chi connectivity index (χ4v) is 2.01. The molecule has 2 rings (SSSR count). The second kappa shape index (κ2) is 8.57. The lowest BCUT2D eigenvalue weighted by Crippen LogP contribution is -2.25. The Bertz CT molecular complexity index is 650. The molecule has 24 heavy (non-hydrogen) atoms. The molecule has 1 unspecified atom stereocenters. The van der Waals surface area contributed by atoms with Crippen molar-refractivity contribution < 1.29 is 23.8 Å². The highest BCUT2D eigenvalue weighted by Gasteiger charge is 2.10. The average Bonchev–Trinajstić information content (AvgIpc) is 2.58. The SMILES string of the molecule is CC(C)OCC(O)COc1ccc(C(=O)c2ccc(F)cc2)cc1. The molecular formula is C19H21FO4. The van der Waals surface area contributed by atoms with Crippen LogP contribution in [0.2, 0.25) is 0 Å². The van der Waals surface area contributed by atoms with E-state index in [0.29, 0.717) is 16.9 Å². The molecule has 128 valence electrons. The van der Waals surface area contributed by atoms with Crippen molar-refractivity contribution in [1.29, 1.82) is 0 Å². The second-order valence-electron chi connectivity index (χ2n) is 5.71. The molecule has 0 saturated carbocycles. The lowest BCUT2D eigenvalue weighted by Gasteiger charge is -2.14. The Hall–Kier alpha value is -2.24. The summed E-state index contributed by atoms with van der Waals surface area (Å²) in [6, 6.07) is 12.0. The van der Waals surface area contributed by atoms with Crippen LogP contribution < -0.4 is 4.74 Å². The van der Waals surface area contributed by atoms with Gasteiger partial charge >= 0.3 is 0 Å². The van der Waals surface area contributed by atoms with Gasteiger partial charge in [-0.2, -0.15) is 0 Å². The number of hydrogen-bond donors (Lipinski definition) is 1. The average molecular weight is 332 g/mol. The number of halogens is 1. The summed E-state index contributed by atoms with van der Waals surface area (Å²) in [5, 5.41) is 9.74. The Morgan fingerprint density at radius 2 is 1.54 bits per heavy atom. The highest BCUT2D eigenvalue weighted by molar-refractivity contribution is 6.08. The first-order chi connectivity index (χ1) is 11.5. The van der Waals surface area contributed by atoms with Gasteiger partial charge in [0.1, 0.15) is 24.3 Å². The Balaban J connectivity index is 1.90. The molecule has 0 aliphatic rings. The van der Waals surface area contributed by atoms with Crippen LogP contribution in [0.1, 0.15) is 29.8 Å². The number of hydrogen-bond acceptors (Lipinski definition) is 4. The molecule has 4 nitrogen and oxygen atoms in total. The summed E-state index contributed by atoms with van der Waals surface area (Å²) >= 11 is 0. The van der Waals surface area contributed by atoms with Gasteiger partial charge in [0, 0.05) is 11.1 Å². The van der Waals surface area contributed by atoms with Gasteiger partial charge in [-0.15, -0.1) is 0 Å². The van der Waals surface area contributed by atoms with E-state index < -0.39 is 6.10 Å². The van der Waals surface area contributed by atoms with Crippen LogP contribution in [0.5, 0.6) is 5.75 Å². The highest BCUT2D eigenvalue weighted by atomic mass is 19.1. The van der Waals surface area contributed by atoms with Crippen LogP contribution in [-0.4, -0.2) is 36.3 Å². The molecule has 1 N–H and O–H groups in total. The molecule has 0 fully saturated rings. The van der Waals surface area contributed by atoms with Gasteiger partial charge < -0.3 is 14.6 Å². The maximum atomic E-state index is 12.9. The van der Waals surface area contributed by atoms with Crippen molar-refractivity contribution >= 4 is 5.78 Å². The number of ketones is 1. The number of carbonyl (C=O) groups excluding carboxylic acids is 1. The summed E-state index contributed by atoms with van der Waals surface area (Å²) in [6.07, 6.45) is -0.663.